The highest BCUT2D eigenvalue weighted by atomic mass is 16.5. The molecule has 0 aliphatic rings. The van der Waals surface area contributed by atoms with Gasteiger partial charge in [0.25, 0.3) is 5.91 Å². The van der Waals surface area contributed by atoms with Crippen molar-refractivity contribution in [2.45, 2.75) is 20.5 Å². The Balaban J connectivity index is 1.56. The number of amides is 1. The van der Waals surface area contributed by atoms with Crippen LogP contribution in [0.1, 0.15) is 32.9 Å². The van der Waals surface area contributed by atoms with E-state index in [1.165, 1.54) is 0 Å². The number of aromatic nitrogens is 2. The number of ether oxygens (including phenoxy) is 1. The molecule has 0 fully saturated rings. The molecule has 138 valence electrons. The summed E-state index contributed by atoms with van der Waals surface area (Å²) in [6.07, 6.45) is 1.62. The minimum absolute atomic E-state index is 0.263. The Morgan fingerprint density at radius 1 is 1.15 bits per heavy atom. The fraction of sp³-hybridized carbons (Fsp3) is 0.190. The molecule has 1 amide bonds. The first-order valence-electron chi connectivity index (χ1n) is 8.65. The Morgan fingerprint density at radius 3 is 2.48 bits per heavy atom. The van der Waals surface area contributed by atoms with E-state index in [1.807, 2.05) is 63.4 Å². The second kappa shape index (κ2) is 8.31. The topological polar surface area (TPSA) is 68.5 Å². The standard InChI is InChI=1S/C21H22N4O2/c1-15-20(16(2)25(3)24-15)13-22-23-21(26)18-11-9-17(10-12-18)14-27-19-7-5-4-6-8-19/h4-13H,14H2,1-3H3,(H,23,26)/b22-13-. The van der Waals surface area contributed by atoms with E-state index >= 15 is 0 Å². The molecular formula is C21H22N4O2. The number of aryl methyl sites for hydroxylation is 2. The Kier molecular flexibility index (Phi) is 5.66. The number of carbonyl (C=O) groups is 1. The van der Waals surface area contributed by atoms with E-state index < -0.39 is 0 Å². The van der Waals surface area contributed by atoms with Crippen LogP contribution in [0, 0.1) is 13.8 Å². The highest BCUT2D eigenvalue weighted by Gasteiger charge is 2.08. The maximum Gasteiger partial charge on any atom is 0.271 e. The van der Waals surface area contributed by atoms with Crippen LogP contribution < -0.4 is 10.2 Å². The number of nitrogens with one attached hydrogen (secondary N) is 1. The molecule has 0 aliphatic heterocycles. The number of hydrazone groups is 1. The maximum atomic E-state index is 12.2. The first-order chi connectivity index (χ1) is 13.0. The third-order valence-electron chi connectivity index (χ3n) is 4.29. The van der Waals surface area contributed by atoms with Gasteiger partial charge in [-0.05, 0) is 43.7 Å². The van der Waals surface area contributed by atoms with E-state index in [-0.39, 0.29) is 5.91 Å². The molecule has 6 nitrogen and oxygen atoms in total. The molecule has 0 atom stereocenters. The maximum absolute atomic E-state index is 12.2. The minimum atomic E-state index is -0.263. The Labute approximate surface area is 158 Å². The lowest BCUT2D eigenvalue weighted by atomic mass is 10.1. The molecule has 3 rings (SSSR count). The quantitative estimate of drug-likeness (QED) is 0.540. The molecule has 6 heteroatoms. The third-order valence-corrected chi connectivity index (χ3v) is 4.29. The van der Waals surface area contributed by atoms with Gasteiger partial charge in [-0.2, -0.15) is 10.2 Å². The predicted molar refractivity (Wildman–Crippen MR) is 105 cm³/mol. The van der Waals surface area contributed by atoms with Crippen molar-refractivity contribution in [2.75, 3.05) is 0 Å². The molecule has 0 saturated carbocycles. The van der Waals surface area contributed by atoms with Crippen molar-refractivity contribution >= 4 is 12.1 Å². The van der Waals surface area contributed by atoms with Crippen molar-refractivity contribution in [1.82, 2.24) is 15.2 Å². The fourth-order valence-corrected chi connectivity index (χ4v) is 2.63. The van der Waals surface area contributed by atoms with Crippen LogP contribution in [0.5, 0.6) is 5.75 Å². The van der Waals surface area contributed by atoms with E-state index in [0.29, 0.717) is 12.2 Å². The Bertz CT molecular complexity index is 944. The van der Waals surface area contributed by atoms with E-state index in [2.05, 4.69) is 15.6 Å². The van der Waals surface area contributed by atoms with Gasteiger partial charge in [0.05, 0.1) is 11.9 Å². The first kappa shape index (κ1) is 18.4. The number of nitrogens with zero attached hydrogens (tertiary/aromatic N) is 3. The summed E-state index contributed by atoms with van der Waals surface area (Å²) in [5.74, 6) is 0.551. The first-order valence-corrected chi connectivity index (χ1v) is 8.65. The second-order valence-electron chi connectivity index (χ2n) is 6.21. The number of rotatable bonds is 6. The number of hydrogen-bond acceptors (Lipinski definition) is 4. The predicted octanol–water partition coefficient (Wildman–Crippen LogP) is 3.38. The lowest BCUT2D eigenvalue weighted by molar-refractivity contribution is 0.0955. The van der Waals surface area contributed by atoms with Gasteiger partial charge in [-0.25, -0.2) is 5.43 Å². The van der Waals surface area contributed by atoms with Crippen LogP contribution in [0.2, 0.25) is 0 Å². The van der Waals surface area contributed by atoms with Crippen LogP contribution in [0.25, 0.3) is 0 Å². The van der Waals surface area contributed by atoms with Gasteiger partial charge >= 0.3 is 0 Å². The van der Waals surface area contributed by atoms with Crippen LogP contribution in [-0.2, 0) is 13.7 Å². The molecule has 27 heavy (non-hydrogen) atoms. The van der Waals surface area contributed by atoms with Gasteiger partial charge in [0.2, 0.25) is 0 Å². The SMILES string of the molecule is Cc1nn(C)c(C)c1/C=N\NC(=O)c1ccc(COc2ccccc2)cc1. The van der Waals surface area contributed by atoms with Gasteiger partial charge in [0.1, 0.15) is 12.4 Å². The van der Waals surface area contributed by atoms with Crippen molar-refractivity contribution < 1.29 is 9.53 Å². The van der Waals surface area contributed by atoms with E-state index in [1.54, 1.807) is 23.0 Å². The van der Waals surface area contributed by atoms with Crippen molar-refractivity contribution in [2.24, 2.45) is 12.1 Å². The summed E-state index contributed by atoms with van der Waals surface area (Å²) in [7, 11) is 1.88. The summed E-state index contributed by atoms with van der Waals surface area (Å²) in [5, 5.41) is 8.37. The number of benzene rings is 2. The monoisotopic (exact) mass is 362 g/mol. The summed E-state index contributed by atoms with van der Waals surface area (Å²) in [5.41, 5.74) is 6.85. The normalized spacial score (nSPS) is 10.9. The largest absolute Gasteiger partial charge is 0.489 e. The molecule has 0 bridgehead atoms. The summed E-state index contributed by atoms with van der Waals surface area (Å²) in [6, 6.07) is 16.9. The second-order valence-corrected chi connectivity index (χ2v) is 6.21. The lowest BCUT2D eigenvalue weighted by Crippen LogP contribution is -2.17. The molecule has 1 aromatic heterocycles. The summed E-state index contributed by atoms with van der Waals surface area (Å²) in [6.45, 7) is 4.31. The van der Waals surface area contributed by atoms with Crippen molar-refractivity contribution in [1.29, 1.82) is 0 Å². The molecule has 0 unspecified atom stereocenters. The summed E-state index contributed by atoms with van der Waals surface area (Å²) >= 11 is 0. The molecule has 0 aliphatic carbocycles. The van der Waals surface area contributed by atoms with Crippen LogP contribution in [0.15, 0.2) is 59.7 Å². The van der Waals surface area contributed by atoms with E-state index in [0.717, 1.165) is 28.3 Å². The molecular weight excluding hydrogens is 340 g/mol. The summed E-state index contributed by atoms with van der Waals surface area (Å²) in [4.78, 5) is 12.2. The van der Waals surface area contributed by atoms with Crippen molar-refractivity contribution in [3.05, 3.63) is 82.7 Å². The molecule has 3 aromatic rings. The zero-order valence-electron chi connectivity index (χ0n) is 15.6. The molecule has 2 aromatic carbocycles. The van der Waals surface area contributed by atoms with Gasteiger partial charge in [-0.15, -0.1) is 0 Å². The zero-order chi connectivity index (χ0) is 19.2. The van der Waals surface area contributed by atoms with Gasteiger partial charge < -0.3 is 4.74 Å². The van der Waals surface area contributed by atoms with Gasteiger partial charge in [0.15, 0.2) is 0 Å². The highest BCUT2D eigenvalue weighted by Crippen LogP contribution is 2.12. The number of hydrogen-bond donors (Lipinski definition) is 1. The summed E-state index contributed by atoms with van der Waals surface area (Å²) < 4.78 is 7.49. The molecule has 1 heterocycles. The van der Waals surface area contributed by atoms with Crippen LogP contribution >= 0.6 is 0 Å². The lowest BCUT2D eigenvalue weighted by Gasteiger charge is -2.06. The van der Waals surface area contributed by atoms with E-state index in [9.17, 15) is 4.79 Å². The molecule has 0 radical (unpaired) electrons. The third kappa shape index (κ3) is 4.61. The molecule has 0 saturated heterocycles. The fourth-order valence-electron chi connectivity index (χ4n) is 2.63. The van der Waals surface area contributed by atoms with Gasteiger partial charge in [-0.3, -0.25) is 9.48 Å². The van der Waals surface area contributed by atoms with Crippen LogP contribution in [0.4, 0.5) is 0 Å². The van der Waals surface area contributed by atoms with Gasteiger partial charge in [-0.1, -0.05) is 30.3 Å². The Morgan fingerprint density at radius 2 is 1.85 bits per heavy atom. The molecule has 1 N–H and O–H groups in total. The highest BCUT2D eigenvalue weighted by molar-refractivity contribution is 5.95. The van der Waals surface area contributed by atoms with Crippen LogP contribution in [0.3, 0.4) is 0 Å². The van der Waals surface area contributed by atoms with Gasteiger partial charge in [0, 0.05) is 23.9 Å². The molecule has 0 spiro atoms. The van der Waals surface area contributed by atoms with Crippen molar-refractivity contribution in [3.63, 3.8) is 0 Å². The van der Waals surface area contributed by atoms with E-state index in [4.69, 9.17) is 4.74 Å². The number of para-hydroxylation sites is 1. The minimum Gasteiger partial charge on any atom is -0.489 e. The number of carbonyl (C=O) groups excluding carboxylic acids is 1. The van der Waals surface area contributed by atoms with Crippen molar-refractivity contribution in [3.8, 4) is 5.75 Å². The van der Waals surface area contributed by atoms with Crippen LogP contribution in [-0.4, -0.2) is 21.9 Å². The average molecular weight is 362 g/mol. The Hall–Kier alpha value is -3.41. The zero-order valence-corrected chi connectivity index (χ0v) is 15.6. The average Bonchev–Trinajstić information content (AvgIpc) is 2.93. The smallest absolute Gasteiger partial charge is 0.271 e.